The van der Waals surface area contributed by atoms with Crippen molar-refractivity contribution in [1.82, 2.24) is 15.0 Å². The van der Waals surface area contributed by atoms with Crippen molar-refractivity contribution in [1.29, 1.82) is 0 Å². The van der Waals surface area contributed by atoms with Gasteiger partial charge in [-0.3, -0.25) is 9.48 Å². The summed E-state index contributed by atoms with van der Waals surface area (Å²) < 4.78 is 92.9. The molecule has 28 nitrogen and oxygen atoms in total. The summed E-state index contributed by atoms with van der Waals surface area (Å²) >= 11 is 0. The SMILES string of the molecule is CC(C)OC(=O)[C@H](O[C@@H]1O[C@H](COC(=O)c2ccccc2)[C@@]2(O)CC[C@@H](C(=O)O)O[C@@H]2[C@H]1OC(=O)c1ccccc1)[C@@H](O[C@@H]1O[C@@H](C)[C@@H](O)[C@@H](O)[C@@H]1O)C(=O)O[C@@H](C)CCCn1cc(CCCCC(=O)Nc2ccc(OCCCS(=O)(=O)[O-])cc2)nn1.[Na+]. The van der Waals surface area contributed by atoms with Crippen LogP contribution in [0.1, 0.15) is 105 Å². The van der Waals surface area contributed by atoms with E-state index in [1.807, 2.05) is 0 Å². The second-order valence-electron chi connectivity index (χ2n) is 21.5. The molecule has 88 heavy (non-hydrogen) atoms. The molecule has 3 fully saturated rings. The van der Waals surface area contributed by atoms with Crippen molar-refractivity contribution in [3.8, 4) is 5.75 Å². The van der Waals surface area contributed by atoms with Crippen LogP contribution in [0.2, 0.25) is 0 Å². The van der Waals surface area contributed by atoms with Crippen LogP contribution in [0.5, 0.6) is 5.75 Å². The van der Waals surface area contributed by atoms with Crippen LogP contribution >= 0.6 is 0 Å². The van der Waals surface area contributed by atoms with Crippen LogP contribution in [0, 0.1) is 0 Å². The zero-order chi connectivity index (χ0) is 63.0. The Bertz CT molecular complexity index is 3040. The van der Waals surface area contributed by atoms with E-state index in [1.165, 1.54) is 64.1 Å². The number of carbonyl (C=O) groups is 6. The Balaban J connectivity index is 0.0000124. The summed E-state index contributed by atoms with van der Waals surface area (Å²) in [5.74, 6) is -6.37. The molecule has 3 aliphatic heterocycles. The molecule has 0 bridgehead atoms. The van der Waals surface area contributed by atoms with E-state index in [1.54, 1.807) is 59.4 Å². The molecule has 3 aromatic carbocycles. The number of nitrogens with one attached hydrogen (secondary N) is 1. The quantitative estimate of drug-likeness (QED) is 0.0125. The number of unbranched alkanes of at least 4 members (excludes halogenated alkanes) is 1. The number of nitrogens with zero attached hydrogens (tertiary/aromatic N) is 3. The number of carboxylic acids is 1. The van der Waals surface area contributed by atoms with Gasteiger partial charge in [0, 0.05) is 30.6 Å². The summed E-state index contributed by atoms with van der Waals surface area (Å²) in [6.07, 6.45) is -21.4. The van der Waals surface area contributed by atoms with Gasteiger partial charge in [-0.05, 0) is 128 Å². The fraction of sp³-hybridized carbons (Fsp3) is 0.552. The van der Waals surface area contributed by atoms with Gasteiger partial charge in [0.1, 0.15) is 48.5 Å². The molecule has 7 rings (SSSR count). The van der Waals surface area contributed by atoms with Gasteiger partial charge in [-0.2, -0.15) is 0 Å². The van der Waals surface area contributed by atoms with E-state index < -0.39 is 150 Å². The maximum absolute atomic E-state index is 14.7. The number of ether oxygens (including phenoxy) is 10. The monoisotopic (exact) mass is 1260 g/mol. The predicted molar refractivity (Wildman–Crippen MR) is 297 cm³/mol. The van der Waals surface area contributed by atoms with Gasteiger partial charge in [0.2, 0.25) is 5.91 Å². The second kappa shape index (κ2) is 33.2. The summed E-state index contributed by atoms with van der Waals surface area (Å²) in [5.41, 5.74) is -1.06. The maximum Gasteiger partial charge on any atom is 1.00 e. The molecule has 3 aliphatic rings. The summed E-state index contributed by atoms with van der Waals surface area (Å²) in [6, 6.07) is 21.7. The summed E-state index contributed by atoms with van der Waals surface area (Å²) in [5, 5.41) is 66.6. The van der Waals surface area contributed by atoms with E-state index in [0.29, 0.717) is 42.8 Å². The molecule has 0 spiro atoms. The first-order valence-electron chi connectivity index (χ1n) is 28.4. The zero-order valence-corrected chi connectivity index (χ0v) is 52.0. The van der Waals surface area contributed by atoms with E-state index in [9.17, 15) is 67.3 Å². The van der Waals surface area contributed by atoms with Crippen LogP contribution in [0.25, 0.3) is 0 Å². The zero-order valence-electron chi connectivity index (χ0n) is 49.2. The first-order valence-corrected chi connectivity index (χ1v) is 30.0. The first kappa shape index (κ1) is 71.1. The van der Waals surface area contributed by atoms with Crippen molar-refractivity contribution >= 4 is 51.6 Å². The van der Waals surface area contributed by atoms with E-state index >= 15 is 0 Å². The molecule has 4 heterocycles. The Morgan fingerprint density at radius 2 is 1.43 bits per heavy atom. The smallest absolute Gasteiger partial charge is 0.748 e. The topological polar surface area (TPSA) is 396 Å². The number of esters is 4. The number of amides is 1. The number of hydrogen-bond donors (Lipinski definition) is 6. The van der Waals surface area contributed by atoms with Crippen molar-refractivity contribution in [2.75, 3.05) is 24.3 Å². The number of benzene rings is 3. The van der Waals surface area contributed by atoms with Crippen LogP contribution in [-0.2, 0) is 84.9 Å². The molecule has 0 aliphatic carbocycles. The van der Waals surface area contributed by atoms with Gasteiger partial charge in [0.25, 0.3) is 0 Å². The molecule has 1 amide bonds. The third kappa shape index (κ3) is 20.2. The molecule has 6 N–H and O–H groups in total. The minimum Gasteiger partial charge on any atom is -0.748 e. The molecule has 0 unspecified atom stereocenters. The summed E-state index contributed by atoms with van der Waals surface area (Å²) in [7, 11) is -4.33. The molecule has 4 aromatic rings. The number of fused-ring (bicyclic) bond motifs is 1. The number of carboxylic acid groups (broad SMARTS) is 1. The first-order chi connectivity index (χ1) is 41.4. The van der Waals surface area contributed by atoms with Crippen LogP contribution in [0.4, 0.5) is 5.69 Å². The van der Waals surface area contributed by atoms with E-state index in [-0.39, 0.29) is 85.4 Å². The third-order valence-corrected chi connectivity index (χ3v) is 15.1. The molecule has 476 valence electrons. The van der Waals surface area contributed by atoms with Gasteiger partial charge in [-0.1, -0.05) is 41.6 Å². The van der Waals surface area contributed by atoms with Gasteiger partial charge in [0.15, 0.2) is 37.0 Å². The molecule has 14 atom stereocenters. The Hall–Kier alpha value is -6.03. The van der Waals surface area contributed by atoms with Crippen molar-refractivity contribution < 1.29 is 144 Å². The molecule has 1 aromatic heterocycles. The van der Waals surface area contributed by atoms with Crippen LogP contribution in [0.3, 0.4) is 0 Å². The summed E-state index contributed by atoms with van der Waals surface area (Å²) in [4.78, 5) is 81.8. The largest absolute Gasteiger partial charge is 1.00 e. The van der Waals surface area contributed by atoms with Crippen LogP contribution in [-0.4, -0.2) is 200 Å². The van der Waals surface area contributed by atoms with E-state index in [4.69, 9.17) is 47.4 Å². The normalized spacial score (nSPS) is 25.3. The molecule has 0 saturated carbocycles. The van der Waals surface area contributed by atoms with Gasteiger partial charge in [-0.15, -0.1) is 5.10 Å². The number of aliphatic hydroxyl groups excluding tert-OH is 3. The molecule has 30 heteroatoms. The van der Waals surface area contributed by atoms with Gasteiger partial charge < -0.3 is 82.8 Å². The molecule has 3 saturated heterocycles. The number of hydrogen-bond acceptors (Lipinski definition) is 25. The van der Waals surface area contributed by atoms with E-state index in [2.05, 4.69) is 15.6 Å². The van der Waals surface area contributed by atoms with Gasteiger partial charge in [0.05, 0.1) is 51.9 Å². The van der Waals surface area contributed by atoms with Gasteiger partial charge in [-0.25, -0.2) is 32.4 Å². The second-order valence-corrected chi connectivity index (χ2v) is 23.0. The van der Waals surface area contributed by atoms with Gasteiger partial charge >= 0.3 is 59.4 Å². The number of rotatable bonds is 30. The average Bonchev–Trinajstić information content (AvgIpc) is 0.939. The Morgan fingerprint density at radius 1 is 0.795 bits per heavy atom. The Kier molecular flexibility index (Phi) is 26.8. The number of aliphatic hydroxyl groups is 4. The predicted octanol–water partition coefficient (Wildman–Crippen LogP) is -0.620. The third-order valence-electron chi connectivity index (χ3n) is 14.3. The van der Waals surface area contributed by atoms with E-state index in [0.717, 1.165) is 0 Å². The maximum atomic E-state index is 14.7. The number of aliphatic carboxylic acids is 1. The van der Waals surface area contributed by atoms with Crippen LogP contribution in [0.15, 0.2) is 91.1 Å². The van der Waals surface area contributed by atoms with Crippen molar-refractivity contribution in [3.05, 3.63) is 108 Å². The van der Waals surface area contributed by atoms with Crippen molar-refractivity contribution in [2.24, 2.45) is 0 Å². The fourth-order valence-electron chi connectivity index (χ4n) is 9.76. The van der Waals surface area contributed by atoms with Crippen LogP contribution < -0.4 is 39.6 Å². The number of anilines is 1. The number of aromatic nitrogens is 3. The minimum absolute atomic E-state index is 0. The molecular formula is C58H73N4NaO24S. The fourth-order valence-corrected chi connectivity index (χ4v) is 10.2. The van der Waals surface area contributed by atoms with Crippen molar-refractivity contribution in [3.63, 3.8) is 0 Å². The number of aryl methyl sites for hydroxylation is 2. The standard InChI is InChI=1S/C58H74N4O24S.Na/c1-33(2)79-54(71)47(86-57-49(84-53(70)37-18-9-6-10-19-37)50-58(73,27-26-41(82-50)51(67)68)42(83-57)32-78-52(69)36-16-7-5-8-17-36)48(85-56-46(66)45(65)44(64)35(4)81-56)55(72)80-34(3)15-13-28-62-31-39(60-61-62)20-11-12-21-43(63)59-38-22-24-40(25-23-38)77-29-14-30-87(74,75)76;/h5-10,16-19,22-25,31,33-35,41-42,44-50,56-57,64-66,73H,11-15,20-21,26-30,32H2,1-4H3,(H,59,63)(H,67,68)(H,74,75,76);/q;+1/p-1/t34-,35-,41-,42+,44+,45+,46-,47+,48+,49+,50+,56-,57-,58-;/m0./s1. The average molecular weight is 1270 g/mol. The number of carbonyl (C=O) groups excluding carboxylic acids is 5. The Morgan fingerprint density at radius 3 is 2.07 bits per heavy atom. The Labute approximate surface area is 529 Å². The molecular weight excluding hydrogens is 1190 g/mol. The molecule has 0 radical (unpaired) electrons. The minimum atomic E-state index is -4.33. The summed E-state index contributed by atoms with van der Waals surface area (Å²) in [6.45, 7) is 5.36. The van der Waals surface area contributed by atoms with Crippen molar-refractivity contribution in [2.45, 2.75) is 183 Å².